The lowest BCUT2D eigenvalue weighted by Crippen LogP contribution is -2.36. The topological polar surface area (TPSA) is 18.5 Å². The molecule has 74 valence electrons. The highest BCUT2D eigenvalue weighted by atomic mass is 28.4. The second-order valence-electron chi connectivity index (χ2n) is 4.44. The fourth-order valence-corrected chi connectivity index (χ4v) is 1.78. The molecule has 0 aliphatic heterocycles. The Bertz CT molecular complexity index is 125. The van der Waals surface area contributed by atoms with Gasteiger partial charge in [0.1, 0.15) is 0 Å². The Morgan fingerprint density at radius 3 is 1.75 bits per heavy atom. The van der Waals surface area contributed by atoms with Crippen LogP contribution in [0.5, 0.6) is 0 Å². The zero-order valence-corrected chi connectivity index (χ0v) is 10.2. The molecule has 0 spiro atoms. The summed E-state index contributed by atoms with van der Waals surface area (Å²) in [7, 11) is -1.53. The third kappa shape index (κ3) is 4.90. The molecule has 3 heteroatoms. The van der Waals surface area contributed by atoms with Crippen LogP contribution in [-0.4, -0.2) is 13.9 Å². The van der Waals surface area contributed by atoms with E-state index >= 15 is 0 Å². The van der Waals surface area contributed by atoms with Crippen LogP contribution in [0.1, 0.15) is 34.6 Å². The summed E-state index contributed by atoms with van der Waals surface area (Å²) in [5, 5.41) is 0. The Labute approximate surface area is 77.3 Å². The average Bonchev–Trinajstić information content (AvgIpc) is 1.99. The van der Waals surface area contributed by atoms with Crippen molar-refractivity contribution in [1.29, 1.82) is 0 Å². The minimum atomic E-state index is -1.53. The van der Waals surface area contributed by atoms with Gasteiger partial charge in [-0.25, -0.2) is 4.89 Å². The summed E-state index contributed by atoms with van der Waals surface area (Å²) in [5.41, 5.74) is -0.182. The average molecular weight is 190 g/mol. The van der Waals surface area contributed by atoms with Crippen LogP contribution in [0.15, 0.2) is 0 Å². The van der Waals surface area contributed by atoms with Crippen molar-refractivity contribution in [1.82, 2.24) is 0 Å². The van der Waals surface area contributed by atoms with Crippen molar-refractivity contribution < 1.29 is 9.46 Å². The predicted molar refractivity (Wildman–Crippen MR) is 54.5 cm³/mol. The van der Waals surface area contributed by atoms with Gasteiger partial charge in [-0.1, -0.05) is 13.8 Å². The molecule has 0 unspecified atom stereocenters. The molecule has 0 radical (unpaired) electrons. The maximum absolute atomic E-state index is 5.53. The molecule has 0 bridgehead atoms. The Hall–Kier alpha value is 0.137. The smallest absolute Gasteiger partial charge is 0.235 e. The monoisotopic (exact) mass is 190 g/mol. The first-order valence-electron chi connectivity index (χ1n) is 4.70. The third-order valence-electron chi connectivity index (χ3n) is 1.99. The van der Waals surface area contributed by atoms with Crippen LogP contribution in [0, 0.1) is 0 Å². The first kappa shape index (κ1) is 12.1. The fraction of sp³-hybridized carbons (Fsp3) is 1.00. The van der Waals surface area contributed by atoms with Crippen LogP contribution in [0.25, 0.3) is 0 Å². The van der Waals surface area contributed by atoms with Gasteiger partial charge < -0.3 is 0 Å². The summed E-state index contributed by atoms with van der Waals surface area (Å²) >= 11 is 0. The molecule has 0 heterocycles. The van der Waals surface area contributed by atoms with Crippen molar-refractivity contribution in [3.63, 3.8) is 0 Å². The minimum Gasteiger partial charge on any atom is -0.286 e. The van der Waals surface area contributed by atoms with E-state index in [0.29, 0.717) is 0 Å². The van der Waals surface area contributed by atoms with E-state index in [-0.39, 0.29) is 5.60 Å². The molecule has 0 N–H and O–H groups in total. The Morgan fingerprint density at radius 2 is 1.50 bits per heavy atom. The van der Waals surface area contributed by atoms with Gasteiger partial charge in [0, 0.05) is 0 Å². The highest BCUT2D eigenvalue weighted by Gasteiger charge is 2.28. The van der Waals surface area contributed by atoms with Gasteiger partial charge in [0.2, 0.25) is 8.32 Å². The van der Waals surface area contributed by atoms with Crippen molar-refractivity contribution in [2.75, 3.05) is 0 Å². The van der Waals surface area contributed by atoms with E-state index < -0.39 is 8.32 Å². The molecule has 0 aliphatic carbocycles. The lowest BCUT2D eigenvalue weighted by molar-refractivity contribution is -0.285. The molecule has 0 aliphatic rings. The molecule has 0 saturated carbocycles. The zero-order valence-electron chi connectivity index (χ0n) is 9.23. The first-order valence-corrected chi connectivity index (χ1v) is 7.52. The minimum absolute atomic E-state index is 0.182. The molecule has 0 fully saturated rings. The van der Waals surface area contributed by atoms with Gasteiger partial charge in [0.05, 0.1) is 5.60 Å². The summed E-state index contributed by atoms with van der Waals surface area (Å²) < 4.78 is 5.53. The highest BCUT2D eigenvalue weighted by Crippen LogP contribution is 2.19. The van der Waals surface area contributed by atoms with Crippen LogP contribution in [0.3, 0.4) is 0 Å². The zero-order chi connectivity index (χ0) is 9.83. The van der Waals surface area contributed by atoms with E-state index in [9.17, 15) is 0 Å². The normalized spacial score (nSPS) is 13.5. The molecule has 0 atom stereocenters. The van der Waals surface area contributed by atoms with E-state index in [0.717, 1.165) is 12.1 Å². The SMILES string of the molecule is CC[Si](C)(CC)OOC(C)(C)C. The van der Waals surface area contributed by atoms with E-state index in [1.165, 1.54) is 0 Å². The third-order valence-corrected chi connectivity index (χ3v) is 5.47. The van der Waals surface area contributed by atoms with Crippen molar-refractivity contribution in [2.24, 2.45) is 0 Å². The van der Waals surface area contributed by atoms with Crippen molar-refractivity contribution in [2.45, 2.75) is 58.9 Å². The van der Waals surface area contributed by atoms with Gasteiger partial charge in [-0.3, -0.25) is 4.58 Å². The lowest BCUT2D eigenvalue weighted by Gasteiger charge is -2.28. The van der Waals surface area contributed by atoms with Gasteiger partial charge in [0.25, 0.3) is 0 Å². The quantitative estimate of drug-likeness (QED) is 0.384. The molecular formula is C9H22O2Si. The van der Waals surface area contributed by atoms with Crippen molar-refractivity contribution in [3.8, 4) is 0 Å². The van der Waals surface area contributed by atoms with E-state index in [4.69, 9.17) is 9.46 Å². The highest BCUT2D eigenvalue weighted by molar-refractivity contribution is 6.72. The number of hydrogen-bond acceptors (Lipinski definition) is 2. The van der Waals surface area contributed by atoms with Gasteiger partial charge >= 0.3 is 0 Å². The maximum atomic E-state index is 5.53. The molecule has 0 aromatic rings. The van der Waals surface area contributed by atoms with Crippen LogP contribution in [-0.2, 0) is 9.46 Å². The fourth-order valence-electron chi connectivity index (χ4n) is 0.593. The van der Waals surface area contributed by atoms with Gasteiger partial charge in [-0.15, -0.1) is 0 Å². The van der Waals surface area contributed by atoms with Gasteiger partial charge in [0.15, 0.2) is 0 Å². The summed E-state index contributed by atoms with van der Waals surface area (Å²) in [6.07, 6.45) is 0. The van der Waals surface area contributed by atoms with Crippen LogP contribution >= 0.6 is 0 Å². The molecule has 2 nitrogen and oxygen atoms in total. The molecular weight excluding hydrogens is 168 g/mol. The maximum Gasteiger partial charge on any atom is 0.235 e. The molecule has 0 saturated heterocycles. The standard InChI is InChI=1S/C9H22O2Si/c1-7-12(6,8-2)11-10-9(3,4)5/h7-8H2,1-6H3. The summed E-state index contributed by atoms with van der Waals surface area (Å²) in [6.45, 7) is 12.6. The number of hydrogen-bond donors (Lipinski definition) is 0. The first-order chi connectivity index (χ1) is 5.33. The predicted octanol–water partition coefficient (Wildman–Crippen LogP) is 3.35. The molecule has 0 aromatic carbocycles. The van der Waals surface area contributed by atoms with E-state index in [1.54, 1.807) is 0 Å². The summed E-state index contributed by atoms with van der Waals surface area (Å²) in [5.74, 6) is 0. The Morgan fingerprint density at radius 1 is 1.08 bits per heavy atom. The summed E-state index contributed by atoms with van der Waals surface area (Å²) in [6, 6.07) is 2.22. The van der Waals surface area contributed by atoms with E-state index in [2.05, 4.69) is 20.4 Å². The molecule has 0 amide bonds. The number of rotatable bonds is 4. The van der Waals surface area contributed by atoms with Crippen LogP contribution < -0.4 is 0 Å². The Balaban J connectivity index is 3.89. The summed E-state index contributed by atoms with van der Waals surface area (Å²) in [4.78, 5) is 5.34. The van der Waals surface area contributed by atoms with Crippen molar-refractivity contribution >= 4 is 8.32 Å². The lowest BCUT2D eigenvalue weighted by atomic mass is 10.2. The van der Waals surface area contributed by atoms with Crippen LogP contribution in [0.4, 0.5) is 0 Å². The molecule has 0 rings (SSSR count). The Kier molecular flexibility index (Phi) is 4.44. The molecule has 0 aromatic heterocycles. The van der Waals surface area contributed by atoms with Gasteiger partial charge in [-0.2, -0.15) is 0 Å². The van der Waals surface area contributed by atoms with Gasteiger partial charge in [-0.05, 0) is 39.4 Å². The van der Waals surface area contributed by atoms with E-state index in [1.807, 2.05) is 20.8 Å². The second-order valence-corrected chi connectivity index (χ2v) is 8.92. The second kappa shape index (κ2) is 4.39. The molecule has 12 heavy (non-hydrogen) atoms. The van der Waals surface area contributed by atoms with Crippen LogP contribution in [0.2, 0.25) is 18.6 Å². The largest absolute Gasteiger partial charge is 0.286 e. The van der Waals surface area contributed by atoms with Crippen molar-refractivity contribution in [3.05, 3.63) is 0 Å².